The molecule has 1 aromatic rings. The first-order valence-corrected chi connectivity index (χ1v) is 4.53. The highest BCUT2D eigenvalue weighted by atomic mass is 32.2. The minimum Gasteiger partial charge on any atom is -0.613 e. The number of rotatable bonds is 0. The number of fused-ring (bicyclic) bond motifs is 1. The van der Waals surface area contributed by atoms with Crippen molar-refractivity contribution in [2.75, 3.05) is 0 Å². The molecular weight excluding hydrogens is 176 g/mol. The van der Waals surface area contributed by atoms with Gasteiger partial charge in [0, 0.05) is 0 Å². The van der Waals surface area contributed by atoms with Crippen LogP contribution in [0.2, 0.25) is 0 Å². The van der Waals surface area contributed by atoms with Crippen LogP contribution in [0.25, 0.3) is 0 Å². The van der Waals surface area contributed by atoms with Crippen LogP contribution >= 0.6 is 0 Å². The average Bonchev–Trinajstić information content (AvgIpc) is 2.12. The Balaban J connectivity index is 2.59. The van der Waals surface area contributed by atoms with Crippen LogP contribution in [0.4, 0.5) is 5.69 Å². The highest BCUT2D eigenvalue weighted by molar-refractivity contribution is 7.79. The molecule has 1 heterocycles. The SMILES string of the molecule is O=S1c2ccccc2N=C[NH+]1[O-]. The lowest BCUT2D eigenvalue weighted by molar-refractivity contribution is -0.577. The fourth-order valence-electron chi connectivity index (χ4n) is 0.999. The smallest absolute Gasteiger partial charge is 0.246 e. The van der Waals surface area contributed by atoms with Crippen molar-refractivity contribution in [3.05, 3.63) is 29.5 Å². The van der Waals surface area contributed by atoms with Gasteiger partial charge in [0.2, 0.25) is 17.3 Å². The van der Waals surface area contributed by atoms with Crippen molar-refractivity contribution >= 4 is 23.0 Å². The molecule has 0 spiro atoms. The van der Waals surface area contributed by atoms with Gasteiger partial charge in [-0.2, -0.15) is 4.21 Å². The van der Waals surface area contributed by atoms with Crippen LogP contribution in [-0.2, 0) is 11.0 Å². The minimum absolute atomic E-state index is 0.436. The first-order valence-electron chi connectivity index (χ1n) is 3.38. The molecule has 0 aliphatic carbocycles. The highest BCUT2D eigenvalue weighted by Crippen LogP contribution is 2.21. The van der Waals surface area contributed by atoms with E-state index < -0.39 is 15.5 Å². The Morgan fingerprint density at radius 2 is 2.17 bits per heavy atom. The third kappa shape index (κ3) is 1.08. The molecule has 62 valence electrons. The third-order valence-electron chi connectivity index (χ3n) is 1.56. The van der Waals surface area contributed by atoms with E-state index in [1.54, 1.807) is 24.3 Å². The van der Waals surface area contributed by atoms with Gasteiger partial charge in [0.25, 0.3) is 0 Å². The van der Waals surface area contributed by atoms with E-state index in [-0.39, 0.29) is 0 Å². The van der Waals surface area contributed by atoms with E-state index in [0.29, 0.717) is 10.6 Å². The summed E-state index contributed by atoms with van der Waals surface area (Å²) in [5, 5.41) is 10.9. The number of aliphatic imine (C=N–C) groups is 1. The maximum Gasteiger partial charge on any atom is 0.246 e. The van der Waals surface area contributed by atoms with Gasteiger partial charge in [-0.25, -0.2) is 9.46 Å². The van der Waals surface area contributed by atoms with Crippen molar-refractivity contribution in [1.82, 2.24) is 0 Å². The average molecular weight is 182 g/mol. The lowest BCUT2D eigenvalue weighted by Crippen LogP contribution is -3.06. The van der Waals surface area contributed by atoms with Gasteiger partial charge in [-0.05, 0) is 12.1 Å². The van der Waals surface area contributed by atoms with Crippen LogP contribution < -0.4 is 4.47 Å². The monoisotopic (exact) mass is 182 g/mol. The van der Waals surface area contributed by atoms with Crippen molar-refractivity contribution < 1.29 is 8.68 Å². The second-order valence-corrected chi connectivity index (χ2v) is 3.69. The molecule has 0 radical (unpaired) electrons. The number of nitrogens with zero attached hydrogens (tertiary/aromatic N) is 1. The number of para-hydroxylation sites is 1. The summed E-state index contributed by atoms with van der Waals surface area (Å²) in [5.41, 5.74) is 0.621. The molecule has 1 aliphatic heterocycles. The molecule has 2 atom stereocenters. The fourth-order valence-corrected chi connectivity index (χ4v) is 1.88. The summed E-state index contributed by atoms with van der Waals surface area (Å²) in [7, 11) is -1.55. The summed E-state index contributed by atoms with van der Waals surface area (Å²) < 4.78 is 10.9. The van der Waals surface area contributed by atoms with Crippen molar-refractivity contribution in [1.29, 1.82) is 0 Å². The van der Waals surface area contributed by atoms with Gasteiger partial charge in [-0.1, -0.05) is 12.1 Å². The Morgan fingerprint density at radius 3 is 3.00 bits per heavy atom. The molecule has 12 heavy (non-hydrogen) atoms. The Hall–Kier alpha value is -1.04. The number of hydrogen-bond acceptors (Lipinski definition) is 3. The number of hydroxylamine groups is 1. The summed E-state index contributed by atoms with van der Waals surface area (Å²) in [6.07, 6.45) is 1.11. The van der Waals surface area contributed by atoms with Crippen LogP contribution in [0.5, 0.6) is 0 Å². The molecule has 1 N–H and O–H groups in total. The number of quaternary nitrogens is 1. The van der Waals surface area contributed by atoms with Gasteiger partial charge >= 0.3 is 0 Å². The van der Waals surface area contributed by atoms with Crippen molar-refractivity contribution in [3.8, 4) is 0 Å². The Kier molecular flexibility index (Phi) is 1.76. The molecule has 0 saturated heterocycles. The number of benzene rings is 1. The standard InChI is InChI=1S/C7H6N2O2S/c10-9-5-8-6-3-1-2-4-7(6)12(9)11/h1-5,9H. The summed E-state index contributed by atoms with van der Waals surface area (Å²) >= 11 is 0. The second-order valence-electron chi connectivity index (χ2n) is 2.31. The zero-order valence-corrected chi connectivity index (χ0v) is 6.88. The molecule has 2 unspecified atom stereocenters. The summed E-state index contributed by atoms with van der Waals surface area (Å²) in [6, 6.07) is 6.92. The second kappa shape index (κ2) is 2.78. The van der Waals surface area contributed by atoms with E-state index in [2.05, 4.69) is 4.99 Å². The molecule has 0 fully saturated rings. The van der Waals surface area contributed by atoms with Gasteiger partial charge in [-0.15, -0.1) is 0 Å². The van der Waals surface area contributed by atoms with E-state index in [9.17, 15) is 9.42 Å². The predicted octanol–water partition coefficient (Wildman–Crippen LogP) is -0.235. The van der Waals surface area contributed by atoms with Crippen molar-refractivity contribution in [2.45, 2.75) is 4.90 Å². The van der Waals surface area contributed by atoms with Gasteiger partial charge in [-0.3, -0.25) is 0 Å². The molecule has 1 aromatic carbocycles. The molecule has 5 heteroatoms. The largest absolute Gasteiger partial charge is 0.613 e. The Bertz CT molecular complexity index is 364. The molecule has 4 nitrogen and oxygen atoms in total. The molecule has 0 saturated carbocycles. The van der Waals surface area contributed by atoms with Crippen LogP contribution in [0.3, 0.4) is 0 Å². The Labute approximate surface area is 71.7 Å². The summed E-state index contributed by atoms with van der Waals surface area (Å²) in [4.78, 5) is 4.36. The van der Waals surface area contributed by atoms with Crippen LogP contribution in [0, 0.1) is 5.21 Å². The maximum atomic E-state index is 11.3. The molecule has 1 aliphatic rings. The quantitative estimate of drug-likeness (QED) is 0.563. The van der Waals surface area contributed by atoms with E-state index in [1.165, 1.54) is 0 Å². The topological polar surface area (TPSA) is 56.9 Å². The fraction of sp³-hybridized carbons (Fsp3) is 0. The first-order chi connectivity index (χ1) is 5.79. The maximum absolute atomic E-state index is 11.3. The molecule has 0 aromatic heterocycles. The van der Waals surface area contributed by atoms with E-state index in [1.807, 2.05) is 0 Å². The van der Waals surface area contributed by atoms with Gasteiger partial charge in [0.1, 0.15) is 4.90 Å². The number of nitrogens with one attached hydrogen (secondary N) is 1. The predicted molar refractivity (Wildman–Crippen MR) is 45.3 cm³/mol. The lowest BCUT2D eigenvalue weighted by Gasteiger charge is -2.18. The first kappa shape index (κ1) is 7.60. The van der Waals surface area contributed by atoms with E-state index in [0.717, 1.165) is 6.34 Å². The zero-order valence-electron chi connectivity index (χ0n) is 6.06. The molecule has 0 amide bonds. The number of hydrogen-bond donors (Lipinski definition) is 1. The Morgan fingerprint density at radius 1 is 1.42 bits per heavy atom. The van der Waals surface area contributed by atoms with Crippen molar-refractivity contribution in [3.63, 3.8) is 0 Å². The van der Waals surface area contributed by atoms with Gasteiger partial charge in [0.15, 0.2) is 0 Å². The van der Waals surface area contributed by atoms with Crippen LogP contribution in [0.15, 0.2) is 34.2 Å². The molecular formula is C7H6N2O2S. The highest BCUT2D eigenvalue weighted by Gasteiger charge is 2.18. The molecule has 2 rings (SSSR count). The summed E-state index contributed by atoms with van der Waals surface area (Å²) in [6.45, 7) is 0. The minimum atomic E-state index is -1.55. The van der Waals surface area contributed by atoms with E-state index >= 15 is 0 Å². The van der Waals surface area contributed by atoms with E-state index in [4.69, 9.17) is 0 Å². The van der Waals surface area contributed by atoms with Crippen LogP contribution in [0.1, 0.15) is 0 Å². The third-order valence-corrected chi connectivity index (χ3v) is 2.77. The lowest BCUT2D eigenvalue weighted by atomic mass is 10.3. The van der Waals surface area contributed by atoms with Crippen LogP contribution in [-0.4, -0.2) is 10.5 Å². The van der Waals surface area contributed by atoms with Gasteiger partial charge < -0.3 is 5.21 Å². The molecule has 0 bridgehead atoms. The normalized spacial score (nSPS) is 26.8. The summed E-state index contributed by atoms with van der Waals surface area (Å²) in [5.74, 6) is 0. The van der Waals surface area contributed by atoms with Crippen molar-refractivity contribution in [2.24, 2.45) is 4.99 Å². The zero-order chi connectivity index (χ0) is 8.55. The van der Waals surface area contributed by atoms with Gasteiger partial charge in [0.05, 0.1) is 5.69 Å².